The first-order valence-corrected chi connectivity index (χ1v) is 16.0. The van der Waals surface area contributed by atoms with Crippen molar-refractivity contribution in [2.45, 2.75) is 51.1 Å². The van der Waals surface area contributed by atoms with Crippen LogP contribution in [0.25, 0.3) is 0 Å². The van der Waals surface area contributed by atoms with Gasteiger partial charge in [0.15, 0.2) is 0 Å². The molecule has 0 aromatic heterocycles. The monoisotopic (exact) mass is 597 g/mol. The largest absolute Gasteiger partial charge is 0.354 e. The summed E-state index contributed by atoms with van der Waals surface area (Å²) in [5, 5.41) is 2.97. The van der Waals surface area contributed by atoms with Crippen LogP contribution in [0.15, 0.2) is 114 Å². The second-order valence-corrected chi connectivity index (χ2v) is 12.4. The Labute approximate surface area is 255 Å². The first-order valence-electron chi connectivity index (χ1n) is 14.5. The van der Waals surface area contributed by atoms with E-state index < -0.39 is 28.5 Å². The van der Waals surface area contributed by atoms with Gasteiger partial charge in [0, 0.05) is 19.5 Å². The third-order valence-electron chi connectivity index (χ3n) is 7.42. The third-order valence-corrected chi connectivity index (χ3v) is 9.19. The molecule has 43 heavy (non-hydrogen) atoms. The van der Waals surface area contributed by atoms with Crippen LogP contribution in [-0.2, 0) is 32.6 Å². The number of sulfonamides is 1. The smallest absolute Gasteiger partial charge is 0.264 e. The highest BCUT2D eigenvalue weighted by Crippen LogP contribution is 2.27. The quantitative estimate of drug-likeness (QED) is 0.215. The minimum atomic E-state index is -4.12. The molecule has 0 fully saturated rings. The summed E-state index contributed by atoms with van der Waals surface area (Å²) in [4.78, 5) is 29.8. The lowest BCUT2D eigenvalue weighted by Crippen LogP contribution is -2.53. The molecule has 1 N–H and O–H groups in total. The molecule has 0 radical (unpaired) electrons. The number of hydrogen-bond donors (Lipinski definition) is 1. The van der Waals surface area contributed by atoms with Gasteiger partial charge in [-0.2, -0.15) is 0 Å². The van der Waals surface area contributed by atoms with Crippen molar-refractivity contribution >= 4 is 27.5 Å². The minimum absolute atomic E-state index is 0.0815. The van der Waals surface area contributed by atoms with E-state index in [-0.39, 0.29) is 23.8 Å². The summed E-state index contributed by atoms with van der Waals surface area (Å²) in [6.07, 6.45) is 1.02. The second kappa shape index (κ2) is 14.6. The Bertz CT molecular complexity index is 1630. The number of carbonyl (C=O) groups excluding carboxylic acids is 2. The average molecular weight is 598 g/mol. The SMILES string of the molecule is CCCNC(=O)C(Cc1ccccc1)N(Cc1ccccc1C)C(=O)CN(c1ccccc1C)S(=O)(=O)c1ccccc1. The van der Waals surface area contributed by atoms with Gasteiger partial charge < -0.3 is 10.2 Å². The lowest BCUT2D eigenvalue weighted by Gasteiger charge is -2.34. The molecule has 0 saturated carbocycles. The third kappa shape index (κ3) is 7.90. The van der Waals surface area contributed by atoms with Crippen molar-refractivity contribution in [2.75, 3.05) is 17.4 Å². The zero-order valence-electron chi connectivity index (χ0n) is 24.9. The number of carbonyl (C=O) groups is 2. The zero-order chi connectivity index (χ0) is 30.8. The Balaban J connectivity index is 1.81. The topological polar surface area (TPSA) is 86.8 Å². The number of anilines is 1. The maximum Gasteiger partial charge on any atom is 0.264 e. The number of benzene rings is 4. The van der Waals surface area contributed by atoms with Crippen molar-refractivity contribution in [2.24, 2.45) is 0 Å². The number of amides is 2. The average Bonchev–Trinajstić information content (AvgIpc) is 3.02. The van der Waals surface area contributed by atoms with E-state index in [1.807, 2.05) is 87.5 Å². The molecule has 1 unspecified atom stereocenters. The molecule has 0 aliphatic heterocycles. The molecule has 0 aliphatic rings. The minimum Gasteiger partial charge on any atom is -0.354 e. The summed E-state index contributed by atoms with van der Waals surface area (Å²) >= 11 is 0. The van der Waals surface area contributed by atoms with Crippen LogP contribution in [0.2, 0.25) is 0 Å². The molecule has 0 bridgehead atoms. The molecule has 0 aliphatic carbocycles. The van der Waals surface area contributed by atoms with E-state index in [9.17, 15) is 18.0 Å². The van der Waals surface area contributed by atoms with E-state index in [0.717, 1.165) is 27.4 Å². The van der Waals surface area contributed by atoms with Crippen molar-refractivity contribution in [3.05, 3.63) is 131 Å². The number of nitrogens with zero attached hydrogens (tertiary/aromatic N) is 2. The van der Waals surface area contributed by atoms with Crippen LogP contribution in [-0.4, -0.2) is 44.3 Å². The fraction of sp³-hybridized carbons (Fsp3) is 0.257. The fourth-order valence-electron chi connectivity index (χ4n) is 4.97. The van der Waals surface area contributed by atoms with E-state index in [1.54, 1.807) is 30.3 Å². The van der Waals surface area contributed by atoms with Crippen LogP contribution in [0, 0.1) is 13.8 Å². The molecule has 4 aromatic carbocycles. The number of nitrogens with one attached hydrogen (secondary N) is 1. The van der Waals surface area contributed by atoms with Gasteiger partial charge in [0.1, 0.15) is 12.6 Å². The summed E-state index contributed by atoms with van der Waals surface area (Å²) in [7, 11) is -4.12. The van der Waals surface area contributed by atoms with Gasteiger partial charge in [-0.1, -0.05) is 97.9 Å². The van der Waals surface area contributed by atoms with Gasteiger partial charge in [0.05, 0.1) is 10.6 Å². The van der Waals surface area contributed by atoms with Crippen LogP contribution in [0.3, 0.4) is 0 Å². The highest BCUT2D eigenvalue weighted by molar-refractivity contribution is 7.92. The number of para-hydroxylation sites is 1. The lowest BCUT2D eigenvalue weighted by molar-refractivity contribution is -0.140. The van der Waals surface area contributed by atoms with E-state index in [2.05, 4.69) is 5.32 Å². The normalized spacial score (nSPS) is 11.9. The second-order valence-electron chi connectivity index (χ2n) is 10.6. The molecule has 0 heterocycles. The molecule has 1 atom stereocenters. The van der Waals surface area contributed by atoms with Crippen LogP contribution in [0.5, 0.6) is 0 Å². The van der Waals surface area contributed by atoms with Gasteiger partial charge in [0.25, 0.3) is 10.0 Å². The Morgan fingerprint density at radius 2 is 1.35 bits per heavy atom. The van der Waals surface area contributed by atoms with Crippen molar-refractivity contribution in [1.82, 2.24) is 10.2 Å². The van der Waals surface area contributed by atoms with Gasteiger partial charge in [-0.3, -0.25) is 13.9 Å². The van der Waals surface area contributed by atoms with Gasteiger partial charge >= 0.3 is 0 Å². The summed E-state index contributed by atoms with van der Waals surface area (Å²) in [6, 6.07) is 31.6. The van der Waals surface area contributed by atoms with Crippen molar-refractivity contribution in [3.63, 3.8) is 0 Å². The zero-order valence-corrected chi connectivity index (χ0v) is 25.8. The predicted molar refractivity (Wildman–Crippen MR) is 171 cm³/mol. The Morgan fingerprint density at radius 1 is 0.767 bits per heavy atom. The molecule has 7 nitrogen and oxygen atoms in total. The maximum absolute atomic E-state index is 14.5. The molecule has 4 aromatic rings. The molecule has 0 saturated heterocycles. The number of hydrogen-bond acceptors (Lipinski definition) is 4. The molecular formula is C35H39N3O4S. The first-order chi connectivity index (χ1) is 20.7. The van der Waals surface area contributed by atoms with Crippen LogP contribution < -0.4 is 9.62 Å². The lowest BCUT2D eigenvalue weighted by atomic mass is 10.0. The van der Waals surface area contributed by atoms with Gasteiger partial charge in [0.2, 0.25) is 11.8 Å². The number of rotatable bonds is 13. The van der Waals surface area contributed by atoms with Crippen LogP contribution in [0.4, 0.5) is 5.69 Å². The van der Waals surface area contributed by atoms with Crippen molar-refractivity contribution in [3.8, 4) is 0 Å². The van der Waals surface area contributed by atoms with Crippen LogP contribution >= 0.6 is 0 Å². The first kappa shape index (κ1) is 31.5. The molecule has 2 amide bonds. The van der Waals surface area contributed by atoms with Crippen molar-refractivity contribution < 1.29 is 18.0 Å². The van der Waals surface area contributed by atoms with E-state index in [0.29, 0.717) is 17.8 Å². The summed E-state index contributed by atoms with van der Waals surface area (Å²) < 4.78 is 29.3. The summed E-state index contributed by atoms with van der Waals surface area (Å²) in [5.74, 6) is -0.750. The Kier molecular flexibility index (Phi) is 10.7. The van der Waals surface area contributed by atoms with E-state index >= 15 is 0 Å². The summed E-state index contributed by atoms with van der Waals surface area (Å²) in [6.45, 7) is 5.89. The van der Waals surface area contributed by atoms with Gasteiger partial charge in [-0.15, -0.1) is 0 Å². The molecular weight excluding hydrogens is 558 g/mol. The Hall–Kier alpha value is -4.43. The van der Waals surface area contributed by atoms with E-state index in [4.69, 9.17) is 0 Å². The summed E-state index contributed by atoms with van der Waals surface area (Å²) in [5.41, 5.74) is 3.87. The highest BCUT2D eigenvalue weighted by atomic mass is 32.2. The number of aryl methyl sites for hydroxylation is 2. The van der Waals surface area contributed by atoms with Gasteiger partial charge in [-0.25, -0.2) is 8.42 Å². The Morgan fingerprint density at radius 3 is 1.98 bits per heavy atom. The fourth-order valence-corrected chi connectivity index (χ4v) is 6.47. The van der Waals surface area contributed by atoms with Gasteiger partial charge in [-0.05, 0) is 60.7 Å². The molecule has 4 rings (SSSR count). The van der Waals surface area contributed by atoms with Crippen LogP contribution in [0.1, 0.15) is 35.6 Å². The van der Waals surface area contributed by atoms with E-state index in [1.165, 1.54) is 17.0 Å². The molecule has 224 valence electrons. The molecule has 0 spiro atoms. The maximum atomic E-state index is 14.5. The predicted octanol–water partition coefficient (Wildman–Crippen LogP) is 5.67. The standard InChI is InChI=1S/C35H39N3O4S/c1-4-23-36-35(40)33(24-29-17-7-5-8-18-29)37(25-30-19-13-11-15-27(30)2)34(39)26-38(32-22-14-12-16-28(32)3)43(41,42)31-20-9-6-10-21-31/h5-22,33H,4,23-26H2,1-3H3,(H,36,40). The highest BCUT2D eigenvalue weighted by Gasteiger charge is 2.35. The van der Waals surface area contributed by atoms with Crippen molar-refractivity contribution in [1.29, 1.82) is 0 Å². The molecule has 8 heteroatoms.